The average Bonchev–Trinajstić information content (AvgIpc) is 2.88. The van der Waals surface area contributed by atoms with E-state index in [2.05, 4.69) is 10.6 Å². The highest BCUT2D eigenvalue weighted by molar-refractivity contribution is 5.99. The van der Waals surface area contributed by atoms with Crippen molar-refractivity contribution in [3.63, 3.8) is 0 Å². The Kier molecular flexibility index (Phi) is 10.5. The summed E-state index contributed by atoms with van der Waals surface area (Å²) in [5.74, 6) is -0.680. The minimum absolute atomic E-state index is 0.249. The van der Waals surface area contributed by atoms with Gasteiger partial charge in [0, 0.05) is 18.7 Å². The summed E-state index contributed by atoms with van der Waals surface area (Å²) in [6.07, 6.45) is 0.185. The number of carbonyl (C=O) groups is 3. The first-order valence-electron chi connectivity index (χ1n) is 13.8. The summed E-state index contributed by atoms with van der Waals surface area (Å²) >= 11 is 0. The molecule has 3 aromatic rings. The summed E-state index contributed by atoms with van der Waals surface area (Å²) < 4.78 is 5.50. The van der Waals surface area contributed by atoms with Gasteiger partial charge in [-0.15, -0.1) is 0 Å². The van der Waals surface area contributed by atoms with Crippen molar-refractivity contribution in [1.29, 1.82) is 0 Å². The molecule has 0 aliphatic heterocycles. The lowest BCUT2D eigenvalue weighted by Gasteiger charge is -2.34. The molecule has 212 valence electrons. The van der Waals surface area contributed by atoms with Gasteiger partial charge in [-0.25, -0.2) is 4.79 Å². The Labute approximate surface area is 237 Å². The van der Waals surface area contributed by atoms with Gasteiger partial charge in [0.1, 0.15) is 17.7 Å². The summed E-state index contributed by atoms with van der Waals surface area (Å²) in [5, 5.41) is 5.83. The second-order valence-corrected chi connectivity index (χ2v) is 11.0. The van der Waals surface area contributed by atoms with E-state index in [0.29, 0.717) is 24.2 Å². The molecule has 7 heteroatoms. The van der Waals surface area contributed by atoms with Crippen molar-refractivity contribution in [2.75, 3.05) is 11.9 Å². The predicted molar refractivity (Wildman–Crippen MR) is 159 cm³/mol. The Hall–Kier alpha value is -4.13. The molecule has 2 N–H and O–H groups in total. The van der Waals surface area contributed by atoms with Gasteiger partial charge in [0.15, 0.2) is 0 Å². The molecular weight excluding hydrogens is 502 g/mol. The number of hydrogen-bond donors (Lipinski definition) is 2. The van der Waals surface area contributed by atoms with Gasteiger partial charge in [-0.05, 0) is 63.8 Å². The van der Waals surface area contributed by atoms with E-state index >= 15 is 0 Å². The van der Waals surface area contributed by atoms with Crippen molar-refractivity contribution in [2.45, 2.75) is 72.1 Å². The highest BCUT2D eigenvalue weighted by atomic mass is 16.6. The van der Waals surface area contributed by atoms with Crippen LogP contribution in [0.3, 0.4) is 0 Å². The zero-order valence-corrected chi connectivity index (χ0v) is 24.4. The molecule has 0 aliphatic rings. The van der Waals surface area contributed by atoms with E-state index < -0.39 is 23.8 Å². The first-order chi connectivity index (χ1) is 19.0. The number of carbonyl (C=O) groups excluding carboxylic acids is 3. The monoisotopic (exact) mass is 543 g/mol. The van der Waals surface area contributed by atoms with Crippen molar-refractivity contribution < 1.29 is 19.1 Å². The number of nitrogens with zero attached hydrogens (tertiary/aromatic N) is 1. The molecule has 2 unspecified atom stereocenters. The van der Waals surface area contributed by atoms with Crippen LogP contribution in [0.1, 0.15) is 62.4 Å². The molecule has 2 atom stereocenters. The van der Waals surface area contributed by atoms with E-state index in [4.69, 9.17) is 4.74 Å². The van der Waals surface area contributed by atoms with Crippen LogP contribution < -0.4 is 10.6 Å². The molecule has 0 bridgehead atoms. The molecule has 0 aromatic heterocycles. The lowest BCUT2D eigenvalue weighted by Crippen LogP contribution is -2.53. The number of ether oxygens (including phenoxy) is 1. The van der Waals surface area contributed by atoms with Crippen LogP contribution >= 0.6 is 0 Å². The van der Waals surface area contributed by atoms with Crippen LogP contribution in [0.2, 0.25) is 0 Å². The largest absolute Gasteiger partial charge is 0.444 e. The third kappa shape index (κ3) is 8.70. The zero-order valence-electron chi connectivity index (χ0n) is 24.4. The number of rotatable bonds is 10. The van der Waals surface area contributed by atoms with Crippen LogP contribution in [0.15, 0.2) is 78.9 Å². The number of hydrogen-bond acceptors (Lipinski definition) is 4. The molecule has 7 nitrogen and oxygen atoms in total. The number of aryl methyl sites for hydroxylation is 2. The smallest absolute Gasteiger partial charge is 0.408 e. The third-order valence-electron chi connectivity index (χ3n) is 6.34. The van der Waals surface area contributed by atoms with Crippen molar-refractivity contribution in [1.82, 2.24) is 10.2 Å². The summed E-state index contributed by atoms with van der Waals surface area (Å²) in [6.45, 7) is 11.5. The average molecular weight is 544 g/mol. The number of benzene rings is 3. The molecule has 40 heavy (non-hydrogen) atoms. The number of nitrogens with one attached hydrogen (secondary N) is 2. The van der Waals surface area contributed by atoms with Crippen LogP contribution in [-0.4, -0.2) is 41.0 Å². The van der Waals surface area contributed by atoms with Gasteiger partial charge in [0.25, 0.3) is 5.91 Å². The molecule has 0 saturated carbocycles. The Balaban J connectivity index is 2.03. The van der Waals surface area contributed by atoms with Gasteiger partial charge in [-0.1, -0.05) is 85.3 Å². The lowest BCUT2D eigenvalue weighted by molar-refractivity contribution is -0.140. The summed E-state index contributed by atoms with van der Waals surface area (Å²) in [7, 11) is 0. The number of anilines is 1. The van der Waals surface area contributed by atoms with Gasteiger partial charge < -0.3 is 20.3 Å². The van der Waals surface area contributed by atoms with Gasteiger partial charge >= 0.3 is 6.09 Å². The fraction of sp³-hybridized carbons (Fsp3) is 0.364. The van der Waals surface area contributed by atoms with Crippen molar-refractivity contribution in [2.24, 2.45) is 0 Å². The summed E-state index contributed by atoms with van der Waals surface area (Å²) in [5.41, 5.74) is 3.42. The highest BCUT2D eigenvalue weighted by Crippen LogP contribution is 2.27. The molecular formula is C33H41N3O4. The maximum atomic E-state index is 14.3. The van der Waals surface area contributed by atoms with Gasteiger partial charge in [0.05, 0.1) is 0 Å². The predicted octanol–water partition coefficient (Wildman–Crippen LogP) is 6.36. The van der Waals surface area contributed by atoms with Gasteiger partial charge in [0.2, 0.25) is 5.91 Å². The fourth-order valence-electron chi connectivity index (χ4n) is 4.53. The molecule has 3 aromatic carbocycles. The molecule has 0 heterocycles. The maximum Gasteiger partial charge on any atom is 0.408 e. The number of para-hydroxylation sites is 1. The lowest BCUT2D eigenvalue weighted by atomic mass is 9.98. The second-order valence-electron chi connectivity index (χ2n) is 11.0. The quantitative estimate of drug-likeness (QED) is 0.312. The van der Waals surface area contributed by atoms with E-state index in [1.165, 1.54) is 0 Å². The highest BCUT2D eigenvalue weighted by Gasteiger charge is 2.36. The third-order valence-corrected chi connectivity index (χ3v) is 6.34. The topological polar surface area (TPSA) is 87.7 Å². The van der Waals surface area contributed by atoms with Crippen LogP contribution in [0.4, 0.5) is 10.5 Å². The van der Waals surface area contributed by atoms with Crippen LogP contribution in [-0.2, 0) is 20.7 Å². The summed E-state index contributed by atoms with van der Waals surface area (Å²) in [6, 6.07) is 22.8. The molecule has 0 saturated heterocycles. The Bertz CT molecular complexity index is 1300. The second kappa shape index (κ2) is 13.8. The van der Waals surface area contributed by atoms with Crippen LogP contribution in [0.5, 0.6) is 0 Å². The first kappa shape index (κ1) is 30.4. The normalized spacial score (nSPS) is 12.7. The standard InChI is InChI=1S/C33H41N3O4/c1-7-20-36(31(38)28(22-25-16-9-8-10-17-25)35-32(39)40-33(4,5)6)29(26-18-13-14-23(2)21-26)30(37)34-27-19-12-11-15-24(27)3/h8-19,21,28-29H,7,20,22H2,1-6H3,(H,34,37)(H,35,39). The molecule has 3 rings (SSSR count). The fourth-order valence-corrected chi connectivity index (χ4v) is 4.53. The van der Waals surface area contributed by atoms with E-state index in [1.807, 2.05) is 99.6 Å². The molecule has 0 fully saturated rings. The zero-order chi connectivity index (χ0) is 29.3. The Morgan fingerprint density at radius 3 is 2.20 bits per heavy atom. The summed E-state index contributed by atoms with van der Waals surface area (Å²) in [4.78, 5) is 42.7. The maximum absolute atomic E-state index is 14.3. The van der Waals surface area contributed by atoms with Gasteiger partial charge in [-0.2, -0.15) is 0 Å². The molecule has 0 spiro atoms. The minimum Gasteiger partial charge on any atom is -0.444 e. The van der Waals surface area contributed by atoms with Crippen LogP contribution in [0.25, 0.3) is 0 Å². The molecule has 0 radical (unpaired) electrons. The van der Waals surface area contributed by atoms with Crippen molar-refractivity contribution >= 4 is 23.6 Å². The van der Waals surface area contributed by atoms with E-state index in [9.17, 15) is 14.4 Å². The first-order valence-corrected chi connectivity index (χ1v) is 13.8. The number of amides is 3. The van der Waals surface area contributed by atoms with Crippen LogP contribution in [0, 0.1) is 13.8 Å². The van der Waals surface area contributed by atoms with Crippen molar-refractivity contribution in [3.8, 4) is 0 Å². The molecule has 0 aliphatic carbocycles. The Morgan fingerprint density at radius 2 is 1.57 bits per heavy atom. The Morgan fingerprint density at radius 1 is 0.900 bits per heavy atom. The van der Waals surface area contributed by atoms with E-state index in [-0.39, 0.29) is 18.2 Å². The van der Waals surface area contributed by atoms with Gasteiger partial charge in [-0.3, -0.25) is 9.59 Å². The van der Waals surface area contributed by atoms with Crippen molar-refractivity contribution in [3.05, 3.63) is 101 Å². The SMILES string of the molecule is CCCN(C(=O)C(Cc1ccccc1)NC(=O)OC(C)(C)C)C(C(=O)Nc1ccccc1C)c1cccc(C)c1. The van der Waals surface area contributed by atoms with E-state index in [1.54, 1.807) is 25.7 Å². The number of alkyl carbamates (subject to hydrolysis) is 1. The molecule has 3 amide bonds. The minimum atomic E-state index is -0.942. The van der Waals surface area contributed by atoms with E-state index in [0.717, 1.165) is 16.7 Å².